The number of rotatable bonds is 9. The van der Waals surface area contributed by atoms with Gasteiger partial charge in [-0.2, -0.15) is 0 Å². The SMILES string of the molecule is CB(O)NC(C(=O)OCc1ccccc1)C1C(C(=O)OCc2ccccc2)C1(F)F. The maximum Gasteiger partial charge on any atom is 0.374 e. The van der Waals surface area contributed by atoms with Crippen LogP contribution in [0.1, 0.15) is 11.1 Å². The molecule has 2 N–H and O–H groups in total. The lowest BCUT2D eigenvalue weighted by Crippen LogP contribution is -2.48. The van der Waals surface area contributed by atoms with Crippen molar-refractivity contribution in [3.8, 4) is 0 Å². The van der Waals surface area contributed by atoms with E-state index in [0.717, 1.165) is 0 Å². The van der Waals surface area contributed by atoms with Crippen LogP contribution in [0.25, 0.3) is 0 Å². The van der Waals surface area contributed by atoms with E-state index in [1.54, 1.807) is 60.7 Å². The lowest BCUT2D eigenvalue weighted by molar-refractivity contribution is -0.149. The van der Waals surface area contributed by atoms with Crippen molar-refractivity contribution in [3.63, 3.8) is 0 Å². The Labute approximate surface area is 173 Å². The molecule has 2 aromatic rings. The second-order valence-corrected chi connectivity index (χ2v) is 7.18. The third-order valence-corrected chi connectivity index (χ3v) is 4.84. The molecule has 0 aromatic heterocycles. The van der Waals surface area contributed by atoms with Gasteiger partial charge in [-0.15, -0.1) is 0 Å². The summed E-state index contributed by atoms with van der Waals surface area (Å²) < 4.78 is 39.0. The smallest absolute Gasteiger partial charge is 0.374 e. The van der Waals surface area contributed by atoms with Crippen molar-refractivity contribution >= 4 is 19.0 Å². The predicted molar refractivity (Wildman–Crippen MR) is 105 cm³/mol. The van der Waals surface area contributed by atoms with Gasteiger partial charge in [-0.25, -0.2) is 8.78 Å². The number of ether oxygens (including phenoxy) is 2. The van der Waals surface area contributed by atoms with Gasteiger partial charge in [0.2, 0.25) is 0 Å². The molecule has 9 heteroatoms. The highest BCUT2D eigenvalue weighted by Gasteiger charge is 2.76. The summed E-state index contributed by atoms with van der Waals surface area (Å²) in [6, 6.07) is 15.8. The number of hydrogen-bond donors (Lipinski definition) is 2. The fourth-order valence-electron chi connectivity index (χ4n) is 3.28. The summed E-state index contributed by atoms with van der Waals surface area (Å²) in [4.78, 5) is 24.7. The number of halogens is 2. The molecule has 0 saturated heterocycles. The van der Waals surface area contributed by atoms with E-state index in [4.69, 9.17) is 9.47 Å². The molecular weight excluding hydrogens is 395 g/mol. The first-order valence-corrected chi connectivity index (χ1v) is 9.53. The van der Waals surface area contributed by atoms with E-state index in [1.807, 2.05) is 0 Å². The number of carbonyl (C=O) groups is 2. The normalized spacial score (nSPS) is 20.1. The van der Waals surface area contributed by atoms with Crippen molar-refractivity contribution < 1.29 is 32.9 Å². The van der Waals surface area contributed by atoms with Gasteiger partial charge in [0.25, 0.3) is 5.92 Å². The number of nitrogens with one attached hydrogen (secondary N) is 1. The third-order valence-electron chi connectivity index (χ3n) is 4.84. The molecule has 0 bridgehead atoms. The summed E-state index contributed by atoms with van der Waals surface area (Å²) >= 11 is 0. The third kappa shape index (κ3) is 5.23. The maximum atomic E-state index is 14.4. The van der Waals surface area contributed by atoms with E-state index >= 15 is 0 Å². The first-order chi connectivity index (χ1) is 14.3. The highest BCUT2D eigenvalue weighted by atomic mass is 19.3. The molecule has 0 aliphatic heterocycles. The highest BCUT2D eigenvalue weighted by Crippen LogP contribution is 2.57. The lowest BCUT2D eigenvalue weighted by Gasteiger charge is -2.18. The van der Waals surface area contributed by atoms with Crippen LogP contribution in [0, 0.1) is 11.8 Å². The standard InChI is InChI=1S/C21H22BF2NO5/c1-22(28)25-18(20(27)30-13-15-10-6-3-7-11-15)16-17(21(16,23)24)19(26)29-12-14-8-4-2-5-9-14/h2-11,16-18,25,28H,12-13H2,1H3. The number of carbonyl (C=O) groups excluding carboxylic acids is 2. The maximum absolute atomic E-state index is 14.4. The van der Waals surface area contributed by atoms with E-state index in [0.29, 0.717) is 11.1 Å². The molecule has 30 heavy (non-hydrogen) atoms. The molecule has 2 aromatic carbocycles. The van der Waals surface area contributed by atoms with E-state index in [9.17, 15) is 23.4 Å². The number of benzene rings is 2. The van der Waals surface area contributed by atoms with Crippen LogP contribution >= 0.6 is 0 Å². The fourth-order valence-corrected chi connectivity index (χ4v) is 3.28. The van der Waals surface area contributed by atoms with Crippen LogP contribution in [-0.4, -0.2) is 36.0 Å². The zero-order valence-corrected chi connectivity index (χ0v) is 16.3. The Morgan fingerprint density at radius 3 is 2.03 bits per heavy atom. The Hall–Kier alpha value is -2.78. The van der Waals surface area contributed by atoms with E-state index in [1.165, 1.54) is 6.82 Å². The summed E-state index contributed by atoms with van der Waals surface area (Å²) in [5.74, 6) is -8.98. The van der Waals surface area contributed by atoms with Gasteiger partial charge in [-0.05, 0) is 17.9 Å². The Balaban J connectivity index is 1.65. The van der Waals surface area contributed by atoms with Crippen LogP contribution < -0.4 is 5.23 Å². The molecule has 1 saturated carbocycles. The number of alkyl halides is 2. The number of hydrogen-bond acceptors (Lipinski definition) is 6. The Kier molecular flexibility index (Phi) is 6.84. The highest BCUT2D eigenvalue weighted by molar-refractivity contribution is 6.46. The largest absolute Gasteiger partial charge is 0.460 e. The minimum absolute atomic E-state index is 0.112. The van der Waals surface area contributed by atoms with Crippen molar-refractivity contribution in [1.29, 1.82) is 0 Å². The monoisotopic (exact) mass is 417 g/mol. The second-order valence-electron chi connectivity index (χ2n) is 7.18. The van der Waals surface area contributed by atoms with Crippen LogP contribution in [-0.2, 0) is 32.3 Å². The molecule has 6 nitrogen and oxygen atoms in total. The molecule has 1 aliphatic rings. The summed E-state index contributed by atoms with van der Waals surface area (Å²) in [6.45, 7) is 1.03. The Morgan fingerprint density at radius 1 is 1.03 bits per heavy atom. The summed E-state index contributed by atoms with van der Waals surface area (Å²) in [7, 11) is -1.25. The van der Waals surface area contributed by atoms with Gasteiger partial charge < -0.3 is 19.7 Å². The molecule has 3 atom stereocenters. The quantitative estimate of drug-likeness (QED) is 0.482. The van der Waals surface area contributed by atoms with Crippen molar-refractivity contribution in [3.05, 3.63) is 71.8 Å². The summed E-state index contributed by atoms with van der Waals surface area (Å²) in [6.07, 6.45) is 0. The van der Waals surface area contributed by atoms with Crippen molar-refractivity contribution in [2.24, 2.45) is 11.8 Å². The van der Waals surface area contributed by atoms with Gasteiger partial charge in [0.1, 0.15) is 25.2 Å². The van der Waals surface area contributed by atoms with Gasteiger partial charge in [0.15, 0.2) is 0 Å². The number of esters is 2. The van der Waals surface area contributed by atoms with E-state index in [2.05, 4.69) is 5.23 Å². The average molecular weight is 417 g/mol. The predicted octanol–water partition coefficient (Wildman–Crippen LogP) is 2.42. The van der Waals surface area contributed by atoms with E-state index < -0.39 is 42.8 Å². The minimum Gasteiger partial charge on any atom is -0.460 e. The molecule has 0 radical (unpaired) electrons. The minimum atomic E-state index is -3.45. The van der Waals surface area contributed by atoms with Crippen molar-refractivity contribution in [1.82, 2.24) is 5.23 Å². The summed E-state index contributed by atoms with van der Waals surface area (Å²) in [5, 5.41) is 12.0. The second kappa shape index (κ2) is 9.36. The van der Waals surface area contributed by atoms with Gasteiger partial charge in [0, 0.05) is 0 Å². The van der Waals surface area contributed by atoms with Crippen LogP contribution in [0.3, 0.4) is 0 Å². The average Bonchev–Trinajstić information content (AvgIpc) is 3.31. The van der Waals surface area contributed by atoms with Gasteiger partial charge in [-0.1, -0.05) is 60.7 Å². The summed E-state index contributed by atoms with van der Waals surface area (Å²) in [5.41, 5.74) is 1.34. The molecular formula is C21H22BF2NO5. The zero-order valence-electron chi connectivity index (χ0n) is 16.3. The van der Waals surface area contributed by atoms with Crippen molar-refractivity contribution in [2.45, 2.75) is 32.0 Å². The molecule has 1 aliphatic carbocycles. The van der Waals surface area contributed by atoms with Crippen LogP contribution in [0.15, 0.2) is 60.7 Å². The fraction of sp³-hybridized carbons (Fsp3) is 0.333. The molecule has 0 amide bonds. The molecule has 158 valence electrons. The van der Waals surface area contributed by atoms with Crippen LogP contribution in [0.4, 0.5) is 8.78 Å². The first-order valence-electron chi connectivity index (χ1n) is 9.53. The van der Waals surface area contributed by atoms with Gasteiger partial charge in [0.05, 0.1) is 5.92 Å². The zero-order chi connectivity index (χ0) is 21.7. The van der Waals surface area contributed by atoms with E-state index in [-0.39, 0.29) is 13.2 Å². The molecule has 0 spiro atoms. The van der Waals surface area contributed by atoms with Crippen LogP contribution in [0.2, 0.25) is 6.82 Å². The lowest BCUT2D eigenvalue weighted by atomic mass is 9.86. The molecule has 1 fully saturated rings. The first kappa shape index (κ1) is 21.9. The van der Waals surface area contributed by atoms with Crippen molar-refractivity contribution in [2.75, 3.05) is 0 Å². The Bertz CT molecular complexity index is 866. The molecule has 3 unspecified atom stereocenters. The van der Waals surface area contributed by atoms with Gasteiger partial charge in [-0.3, -0.25) is 9.59 Å². The molecule has 0 heterocycles. The van der Waals surface area contributed by atoms with Gasteiger partial charge >= 0.3 is 19.0 Å². The van der Waals surface area contributed by atoms with Crippen LogP contribution in [0.5, 0.6) is 0 Å². The topological polar surface area (TPSA) is 84.9 Å². The Morgan fingerprint density at radius 2 is 1.53 bits per heavy atom. The molecule has 3 rings (SSSR count).